The molecule has 0 aliphatic heterocycles. The van der Waals surface area contributed by atoms with Crippen LogP contribution >= 0.6 is 11.6 Å². The van der Waals surface area contributed by atoms with Crippen LogP contribution in [0.4, 0.5) is 0 Å². The fraction of sp³-hybridized carbons (Fsp3) is 0.538. The third-order valence-electron chi connectivity index (χ3n) is 2.46. The molecule has 1 rings (SSSR count). The van der Waals surface area contributed by atoms with Crippen molar-refractivity contribution in [3.8, 4) is 0 Å². The molecule has 0 fully saturated rings. The molecular formula is C13H20ClNO. The van der Waals surface area contributed by atoms with E-state index in [1.807, 2.05) is 25.1 Å². The molecule has 0 spiro atoms. The average Bonchev–Trinajstić information content (AvgIpc) is 2.26. The summed E-state index contributed by atoms with van der Waals surface area (Å²) in [5.41, 5.74) is 1.20. The number of benzene rings is 1. The van der Waals surface area contributed by atoms with E-state index in [9.17, 15) is 0 Å². The normalized spacial score (nSPS) is 14.8. The highest BCUT2D eigenvalue weighted by Gasteiger charge is 2.09. The van der Waals surface area contributed by atoms with Gasteiger partial charge in [0.1, 0.15) is 0 Å². The molecule has 3 heteroatoms. The molecule has 0 aliphatic rings. The molecule has 1 aromatic rings. The Labute approximate surface area is 103 Å². The summed E-state index contributed by atoms with van der Waals surface area (Å²) in [5.74, 6) is 0. The molecule has 2 nitrogen and oxygen atoms in total. The van der Waals surface area contributed by atoms with Gasteiger partial charge in [0.25, 0.3) is 0 Å². The van der Waals surface area contributed by atoms with Crippen molar-refractivity contribution in [1.29, 1.82) is 0 Å². The SMILES string of the molecule is CCOCC(C)NC(C)c1cccc(Cl)c1. The fourth-order valence-corrected chi connectivity index (χ4v) is 1.84. The van der Waals surface area contributed by atoms with E-state index >= 15 is 0 Å². The number of ether oxygens (including phenoxy) is 1. The number of hydrogen-bond donors (Lipinski definition) is 1. The number of hydrogen-bond acceptors (Lipinski definition) is 2. The van der Waals surface area contributed by atoms with Gasteiger partial charge in [-0.05, 0) is 38.5 Å². The van der Waals surface area contributed by atoms with Crippen molar-refractivity contribution < 1.29 is 4.74 Å². The summed E-state index contributed by atoms with van der Waals surface area (Å²) in [6, 6.07) is 8.57. The Hall–Kier alpha value is -0.570. The molecule has 0 saturated carbocycles. The van der Waals surface area contributed by atoms with Gasteiger partial charge in [0.05, 0.1) is 6.61 Å². The molecule has 0 amide bonds. The predicted octanol–water partition coefficient (Wildman–Crippen LogP) is 3.42. The first-order valence-corrected chi connectivity index (χ1v) is 6.10. The van der Waals surface area contributed by atoms with E-state index in [0.717, 1.165) is 18.2 Å². The predicted molar refractivity (Wildman–Crippen MR) is 69.0 cm³/mol. The molecule has 0 radical (unpaired) electrons. The highest BCUT2D eigenvalue weighted by Crippen LogP contribution is 2.17. The molecule has 0 saturated heterocycles. The maximum absolute atomic E-state index is 5.96. The third-order valence-corrected chi connectivity index (χ3v) is 2.69. The number of halogens is 1. The molecule has 16 heavy (non-hydrogen) atoms. The monoisotopic (exact) mass is 241 g/mol. The van der Waals surface area contributed by atoms with Crippen molar-refractivity contribution in [2.75, 3.05) is 13.2 Å². The zero-order valence-corrected chi connectivity index (χ0v) is 10.9. The van der Waals surface area contributed by atoms with Gasteiger partial charge in [-0.25, -0.2) is 0 Å². The molecule has 0 aromatic heterocycles. The fourth-order valence-electron chi connectivity index (χ4n) is 1.64. The van der Waals surface area contributed by atoms with Crippen molar-refractivity contribution in [2.24, 2.45) is 0 Å². The lowest BCUT2D eigenvalue weighted by Crippen LogP contribution is -2.32. The van der Waals surface area contributed by atoms with E-state index in [1.165, 1.54) is 5.56 Å². The second-order valence-corrected chi connectivity index (χ2v) is 4.44. The molecule has 0 bridgehead atoms. The van der Waals surface area contributed by atoms with E-state index in [1.54, 1.807) is 0 Å². The van der Waals surface area contributed by atoms with Crippen LogP contribution in [0, 0.1) is 0 Å². The molecule has 0 aliphatic carbocycles. The Balaban J connectivity index is 2.48. The first-order chi connectivity index (χ1) is 7.63. The largest absolute Gasteiger partial charge is 0.380 e. The Morgan fingerprint density at radius 2 is 2.12 bits per heavy atom. The lowest BCUT2D eigenvalue weighted by molar-refractivity contribution is 0.124. The Morgan fingerprint density at radius 3 is 2.75 bits per heavy atom. The first kappa shape index (κ1) is 13.5. The number of nitrogens with one attached hydrogen (secondary N) is 1. The second-order valence-electron chi connectivity index (χ2n) is 4.00. The first-order valence-electron chi connectivity index (χ1n) is 5.72. The van der Waals surface area contributed by atoms with Crippen molar-refractivity contribution >= 4 is 11.6 Å². The summed E-state index contributed by atoms with van der Waals surface area (Å²) in [6.45, 7) is 7.76. The molecule has 2 unspecified atom stereocenters. The zero-order chi connectivity index (χ0) is 12.0. The van der Waals surface area contributed by atoms with Crippen molar-refractivity contribution in [3.05, 3.63) is 34.9 Å². The quantitative estimate of drug-likeness (QED) is 0.824. The molecular weight excluding hydrogens is 222 g/mol. The van der Waals surface area contributed by atoms with Crippen LogP contribution < -0.4 is 5.32 Å². The van der Waals surface area contributed by atoms with Crippen molar-refractivity contribution in [2.45, 2.75) is 32.9 Å². The van der Waals surface area contributed by atoms with Gasteiger partial charge in [-0.2, -0.15) is 0 Å². The van der Waals surface area contributed by atoms with Gasteiger partial charge >= 0.3 is 0 Å². The van der Waals surface area contributed by atoms with Gasteiger partial charge in [0.15, 0.2) is 0 Å². The smallest absolute Gasteiger partial charge is 0.0616 e. The van der Waals surface area contributed by atoms with Crippen LogP contribution in [0.1, 0.15) is 32.4 Å². The van der Waals surface area contributed by atoms with Gasteiger partial charge < -0.3 is 10.1 Å². The standard InChI is InChI=1S/C13H20ClNO/c1-4-16-9-10(2)15-11(3)12-6-5-7-13(14)8-12/h5-8,10-11,15H,4,9H2,1-3H3. The van der Waals surface area contributed by atoms with Gasteiger partial charge in [-0.3, -0.25) is 0 Å². The molecule has 2 atom stereocenters. The highest BCUT2D eigenvalue weighted by atomic mass is 35.5. The van der Waals surface area contributed by atoms with Gasteiger partial charge in [-0.15, -0.1) is 0 Å². The zero-order valence-electron chi connectivity index (χ0n) is 10.2. The van der Waals surface area contributed by atoms with Crippen LogP contribution in [-0.2, 0) is 4.74 Å². The Kier molecular flexibility index (Phi) is 5.81. The van der Waals surface area contributed by atoms with E-state index in [-0.39, 0.29) is 6.04 Å². The summed E-state index contributed by atoms with van der Waals surface area (Å²) in [7, 11) is 0. The Bertz CT molecular complexity index is 317. The summed E-state index contributed by atoms with van der Waals surface area (Å²) >= 11 is 5.96. The minimum Gasteiger partial charge on any atom is -0.380 e. The van der Waals surface area contributed by atoms with Gasteiger partial charge in [-0.1, -0.05) is 23.7 Å². The lowest BCUT2D eigenvalue weighted by Gasteiger charge is -2.20. The Morgan fingerprint density at radius 1 is 1.38 bits per heavy atom. The minimum atomic E-state index is 0.286. The van der Waals surface area contributed by atoms with Gasteiger partial charge in [0.2, 0.25) is 0 Å². The summed E-state index contributed by atoms with van der Waals surface area (Å²) < 4.78 is 5.37. The molecule has 0 heterocycles. The molecule has 1 aromatic carbocycles. The van der Waals surface area contributed by atoms with Crippen LogP contribution in [0.3, 0.4) is 0 Å². The second kappa shape index (κ2) is 6.89. The highest BCUT2D eigenvalue weighted by molar-refractivity contribution is 6.30. The summed E-state index contributed by atoms with van der Waals surface area (Å²) in [4.78, 5) is 0. The topological polar surface area (TPSA) is 21.3 Å². The van der Waals surface area contributed by atoms with E-state index in [0.29, 0.717) is 6.04 Å². The number of rotatable bonds is 6. The van der Waals surface area contributed by atoms with Crippen LogP contribution in [0.5, 0.6) is 0 Å². The van der Waals surface area contributed by atoms with Crippen LogP contribution in [-0.4, -0.2) is 19.3 Å². The third kappa shape index (κ3) is 4.52. The average molecular weight is 242 g/mol. The molecule has 90 valence electrons. The van der Waals surface area contributed by atoms with E-state index in [2.05, 4.69) is 25.2 Å². The van der Waals surface area contributed by atoms with Crippen LogP contribution in [0.25, 0.3) is 0 Å². The van der Waals surface area contributed by atoms with Gasteiger partial charge in [0, 0.05) is 23.7 Å². The van der Waals surface area contributed by atoms with Crippen LogP contribution in [0.15, 0.2) is 24.3 Å². The van der Waals surface area contributed by atoms with Crippen molar-refractivity contribution in [3.63, 3.8) is 0 Å². The summed E-state index contributed by atoms with van der Waals surface area (Å²) in [5, 5.41) is 4.26. The van der Waals surface area contributed by atoms with Crippen molar-refractivity contribution in [1.82, 2.24) is 5.32 Å². The maximum Gasteiger partial charge on any atom is 0.0616 e. The maximum atomic E-state index is 5.96. The van der Waals surface area contributed by atoms with E-state index in [4.69, 9.17) is 16.3 Å². The summed E-state index contributed by atoms with van der Waals surface area (Å²) in [6.07, 6.45) is 0. The minimum absolute atomic E-state index is 0.286. The lowest BCUT2D eigenvalue weighted by atomic mass is 10.1. The van der Waals surface area contributed by atoms with Crippen LogP contribution in [0.2, 0.25) is 5.02 Å². The van der Waals surface area contributed by atoms with E-state index < -0.39 is 0 Å². The molecule has 1 N–H and O–H groups in total.